The first-order valence-corrected chi connectivity index (χ1v) is 9.52. The third-order valence-electron chi connectivity index (χ3n) is 5.92. The monoisotopic (exact) mass is 306 g/mol. The molecule has 2 nitrogen and oxygen atoms in total. The first-order valence-electron chi connectivity index (χ1n) is 8.04. The second-order valence-corrected chi connectivity index (χ2v) is 10.1. The van der Waals surface area contributed by atoms with Crippen molar-refractivity contribution in [3.8, 4) is 0 Å². The van der Waals surface area contributed by atoms with E-state index in [4.69, 9.17) is 0 Å². The van der Waals surface area contributed by atoms with Crippen molar-refractivity contribution in [3.05, 3.63) is 28.8 Å². The molecule has 0 radical (unpaired) electrons. The van der Waals surface area contributed by atoms with Gasteiger partial charge in [0, 0.05) is 5.92 Å². The average molecular weight is 306 g/mol. The molecule has 1 saturated carbocycles. The quantitative estimate of drug-likeness (QED) is 0.771. The number of hydrogen-bond acceptors (Lipinski definition) is 2. The molecular formula is C18H26O2S. The number of fused-ring (bicyclic) bond motifs is 3. The summed E-state index contributed by atoms with van der Waals surface area (Å²) >= 11 is 0. The molecule has 0 aromatic heterocycles. The van der Waals surface area contributed by atoms with Crippen molar-refractivity contribution in [1.82, 2.24) is 0 Å². The lowest BCUT2D eigenvalue weighted by Crippen LogP contribution is -2.46. The zero-order valence-corrected chi connectivity index (χ0v) is 14.6. The van der Waals surface area contributed by atoms with Crippen molar-refractivity contribution in [1.29, 1.82) is 0 Å². The maximum Gasteiger partial charge on any atom is 0.184 e. The van der Waals surface area contributed by atoms with Crippen LogP contribution in [0.5, 0.6) is 0 Å². The molecule has 21 heavy (non-hydrogen) atoms. The van der Waals surface area contributed by atoms with Crippen LogP contribution in [-0.2, 0) is 16.3 Å². The van der Waals surface area contributed by atoms with Crippen LogP contribution in [0.25, 0.3) is 0 Å². The Labute approximate surface area is 128 Å². The zero-order chi connectivity index (χ0) is 15.6. The van der Waals surface area contributed by atoms with Crippen LogP contribution < -0.4 is 0 Å². The summed E-state index contributed by atoms with van der Waals surface area (Å²) in [6.07, 6.45) is 3.81. The molecule has 0 amide bonds. The molecule has 3 rings (SSSR count). The number of hydrogen-bond donors (Lipinski definition) is 0. The second kappa shape index (κ2) is 4.34. The van der Waals surface area contributed by atoms with Crippen molar-refractivity contribution in [2.24, 2.45) is 5.41 Å². The minimum atomic E-state index is -3.24. The Balaban J connectivity index is 2.43. The highest BCUT2D eigenvalue weighted by Crippen LogP contribution is 2.63. The molecule has 0 spiro atoms. The minimum absolute atomic E-state index is 0.0447. The Kier molecular flexibility index (Phi) is 3.12. The third kappa shape index (κ3) is 1.73. The minimum Gasteiger partial charge on any atom is -0.223 e. The molecule has 2 atom stereocenters. The van der Waals surface area contributed by atoms with Gasteiger partial charge in [-0.2, -0.15) is 0 Å². The van der Waals surface area contributed by atoms with E-state index in [2.05, 4.69) is 26.8 Å². The molecule has 0 N–H and O–H groups in total. The highest BCUT2D eigenvalue weighted by Gasteiger charge is 2.61. The van der Waals surface area contributed by atoms with Crippen LogP contribution in [0.1, 0.15) is 69.6 Å². The summed E-state index contributed by atoms with van der Waals surface area (Å²) in [5.41, 5.74) is 3.34. The maximum atomic E-state index is 13.3. The Bertz CT molecular complexity index is 700. The normalized spacial score (nSPS) is 32.5. The van der Waals surface area contributed by atoms with Crippen molar-refractivity contribution in [2.75, 3.05) is 0 Å². The summed E-state index contributed by atoms with van der Waals surface area (Å²) in [6.45, 7) is 10.6. The molecule has 0 unspecified atom stereocenters. The predicted octanol–water partition coefficient (Wildman–Crippen LogP) is 4.40. The number of rotatable bonds is 1. The van der Waals surface area contributed by atoms with Crippen LogP contribution in [0, 0.1) is 12.3 Å². The lowest BCUT2D eigenvalue weighted by molar-refractivity contribution is 0.164. The van der Waals surface area contributed by atoms with Gasteiger partial charge < -0.3 is 0 Å². The van der Waals surface area contributed by atoms with Gasteiger partial charge >= 0.3 is 0 Å². The summed E-state index contributed by atoms with van der Waals surface area (Å²) in [4.78, 5) is 0.657. The molecular weight excluding hydrogens is 280 g/mol. The number of sulfone groups is 1. The fraction of sp³-hybridized carbons (Fsp3) is 0.667. The first-order chi connectivity index (χ1) is 9.67. The van der Waals surface area contributed by atoms with E-state index < -0.39 is 14.6 Å². The molecule has 0 saturated heterocycles. The summed E-state index contributed by atoms with van der Waals surface area (Å²) < 4.78 is 26.0. The first kappa shape index (κ1) is 15.1. The van der Waals surface area contributed by atoms with Gasteiger partial charge in [-0.25, -0.2) is 8.42 Å². The van der Waals surface area contributed by atoms with E-state index in [0.29, 0.717) is 4.90 Å². The van der Waals surface area contributed by atoms with Crippen molar-refractivity contribution < 1.29 is 8.42 Å². The van der Waals surface area contributed by atoms with Gasteiger partial charge in [0.1, 0.15) is 0 Å². The Morgan fingerprint density at radius 3 is 2.48 bits per heavy atom. The average Bonchev–Trinajstić information content (AvgIpc) is 2.56. The predicted molar refractivity (Wildman–Crippen MR) is 86.5 cm³/mol. The summed E-state index contributed by atoms with van der Waals surface area (Å²) in [5.74, 6) is 0.133. The molecule has 1 fully saturated rings. The summed E-state index contributed by atoms with van der Waals surface area (Å²) in [5, 5.41) is 0. The largest absolute Gasteiger partial charge is 0.223 e. The van der Waals surface area contributed by atoms with E-state index in [-0.39, 0.29) is 11.3 Å². The Morgan fingerprint density at radius 2 is 1.86 bits per heavy atom. The molecule has 1 aliphatic carbocycles. The van der Waals surface area contributed by atoms with Gasteiger partial charge in [0.2, 0.25) is 0 Å². The van der Waals surface area contributed by atoms with Gasteiger partial charge in [0.05, 0.1) is 9.64 Å². The third-order valence-corrected chi connectivity index (χ3v) is 8.67. The second-order valence-electron chi connectivity index (χ2n) is 7.73. The van der Waals surface area contributed by atoms with Gasteiger partial charge in [-0.1, -0.05) is 39.3 Å². The maximum absolute atomic E-state index is 13.3. The van der Waals surface area contributed by atoms with E-state index >= 15 is 0 Å². The van der Waals surface area contributed by atoms with E-state index in [1.54, 1.807) is 0 Å². The van der Waals surface area contributed by atoms with E-state index in [1.807, 2.05) is 19.9 Å². The van der Waals surface area contributed by atoms with E-state index in [0.717, 1.165) is 36.8 Å². The van der Waals surface area contributed by atoms with E-state index in [9.17, 15) is 8.42 Å². The van der Waals surface area contributed by atoms with Crippen molar-refractivity contribution >= 4 is 9.84 Å². The van der Waals surface area contributed by atoms with E-state index in [1.165, 1.54) is 5.56 Å². The molecule has 2 aliphatic rings. The topological polar surface area (TPSA) is 34.1 Å². The standard InChI is InChI=1S/C18H26O2S/c1-6-13-9-8-12(2)15-14(13)16-17(3,4)10-7-11-18(16,5)21(15,19)20/h8-9,16H,6-7,10-11H2,1-5H3/t16-,18-/m0/s1. The number of benzene rings is 1. The van der Waals surface area contributed by atoms with Crippen LogP contribution in [0.3, 0.4) is 0 Å². The molecule has 1 aromatic rings. The van der Waals surface area contributed by atoms with Crippen molar-refractivity contribution in [2.45, 2.75) is 75.9 Å². The molecule has 1 heterocycles. The molecule has 116 valence electrons. The van der Waals surface area contributed by atoms with Gasteiger partial charge in [0.15, 0.2) is 9.84 Å². The van der Waals surface area contributed by atoms with Crippen LogP contribution in [0.4, 0.5) is 0 Å². The summed E-state index contributed by atoms with van der Waals surface area (Å²) in [7, 11) is -3.24. The van der Waals surface area contributed by atoms with Gasteiger partial charge in [-0.05, 0) is 55.2 Å². The smallest absolute Gasteiger partial charge is 0.184 e. The highest BCUT2D eigenvalue weighted by atomic mass is 32.2. The van der Waals surface area contributed by atoms with Crippen LogP contribution in [0.2, 0.25) is 0 Å². The highest BCUT2D eigenvalue weighted by molar-refractivity contribution is 7.93. The van der Waals surface area contributed by atoms with Crippen molar-refractivity contribution in [3.63, 3.8) is 0 Å². The van der Waals surface area contributed by atoms with Crippen LogP contribution in [0.15, 0.2) is 17.0 Å². The Hall–Kier alpha value is -0.830. The zero-order valence-electron chi connectivity index (χ0n) is 13.8. The number of aryl methyl sites for hydroxylation is 2. The lowest BCUT2D eigenvalue weighted by atomic mass is 9.60. The van der Waals surface area contributed by atoms with Gasteiger partial charge in [-0.15, -0.1) is 0 Å². The van der Waals surface area contributed by atoms with Gasteiger partial charge in [-0.3, -0.25) is 0 Å². The molecule has 3 heteroatoms. The molecule has 0 bridgehead atoms. The SMILES string of the molecule is CCc1ccc(C)c2c1[C@H]1C(C)(C)CCC[C@]1(C)S2(=O)=O. The fourth-order valence-corrected chi connectivity index (χ4v) is 7.62. The van der Waals surface area contributed by atoms with Crippen LogP contribution >= 0.6 is 0 Å². The molecule has 1 aromatic carbocycles. The van der Waals surface area contributed by atoms with Gasteiger partial charge in [0.25, 0.3) is 0 Å². The Morgan fingerprint density at radius 1 is 1.19 bits per heavy atom. The fourth-order valence-electron chi connectivity index (χ4n) is 4.96. The lowest BCUT2D eigenvalue weighted by Gasteiger charge is -2.46. The van der Waals surface area contributed by atoms with Crippen LogP contribution in [-0.4, -0.2) is 13.2 Å². The molecule has 1 aliphatic heterocycles. The summed E-state index contributed by atoms with van der Waals surface area (Å²) in [6, 6.07) is 4.13.